The van der Waals surface area contributed by atoms with Gasteiger partial charge in [0, 0.05) is 25.7 Å². The smallest absolute Gasteiger partial charge is 0.408 e. The Morgan fingerprint density at radius 2 is 1.85 bits per heavy atom. The zero-order valence-electron chi connectivity index (χ0n) is 20.8. The van der Waals surface area contributed by atoms with Gasteiger partial charge in [-0.2, -0.15) is 0 Å². The first-order chi connectivity index (χ1) is 15.3. The molecule has 10 heteroatoms. The number of nitrogens with one attached hydrogen (secondary N) is 1. The summed E-state index contributed by atoms with van der Waals surface area (Å²) in [5.41, 5.74) is -0.699. The molecule has 0 aliphatic carbocycles. The van der Waals surface area contributed by atoms with E-state index in [1.807, 2.05) is 18.7 Å². The number of ether oxygens (including phenoxy) is 2. The summed E-state index contributed by atoms with van der Waals surface area (Å²) in [6.45, 7) is 14.5. The molecule has 1 unspecified atom stereocenters. The number of hydrogen-bond donors (Lipinski definition) is 1. The van der Waals surface area contributed by atoms with Gasteiger partial charge in [-0.3, -0.25) is 9.36 Å². The Morgan fingerprint density at radius 3 is 2.39 bits per heavy atom. The van der Waals surface area contributed by atoms with Crippen LogP contribution in [0.25, 0.3) is 0 Å². The maximum atomic E-state index is 13.5. The average molecular weight is 464 g/mol. The number of hydrogen-bond acceptors (Lipinski definition) is 6. The van der Waals surface area contributed by atoms with Gasteiger partial charge < -0.3 is 24.6 Å². The van der Waals surface area contributed by atoms with E-state index in [9.17, 15) is 14.4 Å². The van der Waals surface area contributed by atoms with Gasteiger partial charge in [0.1, 0.15) is 17.5 Å². The molecule has 3 rings (SSSR count). The lowest BCUT2D eigenvalue weighted by Crippen LogP contribution is -2.61. The van der Waals surface area contributed by atoms with Gasteiger partial charge in [-0.15, -0.1) is 0 Å². The molecule has 10 nitrogen and oxygen atoms in total. The highest BCUT2D eigenvalue weighted by Crippen LogP contribution is 2.27. The number of imidazole rings is 1. The average Bonchev–Trinajstić information content (AvgIpc) is 3.24. The Kier molecular flexibility index (Phi) is 7.07. The fourth-order valence-electron chi connectivity index (χ4n) is 4.51. The number of piperidine rings is 1. The third kappa shape index (κ3) is 5.48. The Bertz CT molecular complexity index is 896. The van der Waals surface area contributed by atoms with E-state index in [2.05, 4.69) is 10.3 Å². The fourth-order valence-corrected chi connectivity index (χ4v) is 4.51. The first-order valence-corrected chi connectivity index (χ1v) is 11.6. The molecule has 1 atom stereocenters. The summed E-state index contributed by atoms with van der Waals surface area (Å²) >= 11 is 0. The highest BCUT2D eigenvalue weighted by molar-refractivity contribution is 5.87. The zero-order chi connectivity index (χ0) is 24.6. The molecule has 0 radical (unpaired) electrons. The van der Waals surface area contributed by atoms with Gasteiger partial charge in [0.2, 0.25) is 5.91 Å². The molecule has 1 saturated heterocycles. The molecule has 3 heterocycles. The lowest BCUT2D eigenvalue weighted by atomic mass is 9.95. The van der Waals surface area contributed by atoms with Crippen molar-refractivity contribution in [3.8, 4) is 0 Å². The molecule has 2 aliphatic heterocycles. The van der Waals surface area contributed by atoms with Gasteiger partial charge in [0.05, 0.1) is 24.0 Å². The van der Waals surface area contributed by atoms with Crippen LogP contribution in [0.5, 0.6) is 0 Å². The van der Waals surface area contributed by atoms with Crippen LogP contribution < -0.4 is 5.32 Å². The summed E-state index contributed by atoms with van der Waals surface area (Å²) in [7, 11) is 0. The number of rotatable bonds is 6. The number of carbonyl (C=O) groups is 3. The van der Waals surface area contributed by atoms with E-state index in [1.165, 1.54) is 0 Å². The Hall–Kier alpha value is -2.62. The molecule has 3 amide bonds. The minimum atomic E-state index is -0.918. The van der Waals surface area contributed by atoms with E-state index < -0.39 is 23.3 Å². The maximum absolute atomic E-state index is 13.5. The van der Waals surface area contributed by atoms with Gasteiger partial charge in [-0.25, -0.2) is 14.6 Å². The molecule has 0 bridgehead atoms. The maximum Gasteiger partial charge on any atom is 0.408 e. The number of amides is 3. The third-order valence-electron chi connectivity index (χ3n) is 6.12. The Morgan fingerprint density at radius 1 is 1.21 bits per heavy atom. The van der Waals surface area contributed by atoms with Crippen LogP contribution in [0.4, 0.5) is 9.59 Å². The van der Waals surface area contributed by atoms with Crippen molar-refractivity contribution in [3.05, 3.63) is 17.7 Å². The number of carbonyl (C=O) groups excluding carboxylic acids is 3. The summed E-state index contributed by atoms with van der Waals surface area (Å²) in [4.78, 5) is 46.6. The lowest BCUT2D eigenvalue weighted by molar-refractivity contribution is -0.144. The van der Waals surface area contributed by atoms with Gasteiger partial charge in [0.15, 0.2) is 0 Å². The van der Waals surface area contributed by atoms with E-state index in [4.69, 9.17) is 9.47 Å². The van der Waals surface area contributed by atoms with Crippen molar-refractivity contribution in [2.75, 3.05) is 19.7 Å². The molecule has 0 spiro atoms. The standard InChI is InChI=1S/C23H37N5O5/c1-8-32-23(6,7)18(25-20(30)33-22(3,4)5)19(29)26-11-9-16(10-12-26)27-14-17-13-24-15(2)28(17)21(27)31/h13,16,18H,8-12,14H2,1-7H3,(H,25,30). The van der Waals surface area contributed by atoms with Crippen LogP contribution in [0.1, 0.15) is 65.9 Å². The lowest BCUT2D eigenvalue weighted by Gasteiger charge is -2.41. The summed E-state index contributed by atoms with van der Waals surface area (Å²) in [6, 6.07) is -0.892. The van der Waals surface area contributed by atoms with Gasteiger partial charge in [-0.1, -0.05) is 0 Å². The number of likely N-dealkylation sites (tertiary alicyclic amines) is 1. The second-order valence-corrected chi connectivity index (χ2v) is 10.2. The van der Waals surface area contributed by atoms with Crippen LogP contribution in [0.15, 0.2) is 6.20 Å². The fraction of sp³-hybridized carbons (Fsp3) is 0.739. The number of nitrogens with zero attached hydrogens (tertiary/aromatic N) is 4. The Balaban J connectivity index is 1.65. The van der Waals surface area contributed by atoms with E-state index >= 15 is 0 Å². The van der Waals surface area contributed by atoms with E-state index in [0.29, 0.717) is 44.9 Å². The van der Waals surface area contributed by atoms with Crippen molar-refractivity contribution in [2.24, 2.45) is 0 Å². The quantitative estimate of drug-likeness (QED) is 0.695. The number of aromatic nitrogens is 2. The highest BCUT2D eigenvalue weighted by Gasteiger charge is 2.42. The predicted molar refractivity (Wildman–Crippen MR) is 122 cm³/mol. The van der Waals surface area contributed by atoms with Crippen LogP contribution >= 0.6 is 0 Å². The van der Waals surface area contributed by atoms with Gasteiger partial charge >= 0.3 is 12.1 Å². The van der Waals surface area contributed by atoms with Crippen molar-refractivity contribution in [2.45, 2.75) is 91.1 Å². The second-order valence-electron chi connectivity index (χ2n) is 10.2. The summed E-state index contributed by atoms with van der Waals surface area (Å²) in [6.07, 6.45) is 2.43. The largest absolute Gasteiger partial charge is 0.444 e. The third-order valence-corrected chi connectivity index (χ3v) is 6.12. The zero-order valence-corrected chi connectivity index (χ0v) is 20.8. The van der Waals surface area contributed by atoms with Crippen LogP contribution in [0.2, 0.25) is 0 Å². The molecule has 1 fully saturated rings. The minimum Gasteiger partial charge on any atom is -0.444 e. The van der Waals surface area contributed by atoms with Crippen LogP contribution in [-0.4, -0.2) is 80.4 Å². The van der Waals surface area contributed by atoms with Crippen molar-refractivity contribution >= 4 is 18.0 Å². The SMILES string of the molecule is CCOC(C)(C)C(NC(=O)OC(C)(C)C)C(=O)N1CCC(N2Cc3cnc(C)n3C2=O)CC1. The molecule has 1 aromatic rings. The number of alkyl carbamates (subject to hydrolysis) is 1. The Labute approximate surface area is 195 Å². The van der Waals surface area contributed by atoms with Crippen molar-refractivity contribution < 1.29 is 23.9 Å². The van der Waals surface area contributed by atoms with Crippen LogP contribution in [0, 0.1) is 6.92 Å². The normalized spacial score (nSPS) is 18.3. The highest BCUT2D eigenvalue weighted by atomic mass is 16.6. The molecule has 0 saturated carbocycles. The van der Waals surface area contributed by atoms with Crippen molar-refractivity contribution in [1.82, 2.24) is 24.7 Å². The molecule has 2 aliphatic rings. The molecule has 33 heavy (non-hydrogen) atoms. The molecule has 1 N–H and O–H groups in total. The summed E-state index contributed by atoms with van der Waals surface area (Å²) < 4.78 is 12.8. The van der Waals surface area contributed by atoms with Crippen molar-refractivity contribution in [3.63, 3.8) is 0 Å². The number of aryl methyl sites for hydroxylation is 1. The minimum absolute atomic E-state index is 0.0493. The van der Waals surface area contributed by atoms with E-state index in [1.54, 1.807) is 50.3 Å². The monoisotopic (exact) mass is 463 g/mol. The van der Waals surface area contributed by atoms with Crippen LogP contribution in [0.3, 0.4) is 0 Å². The number of fused-ring (bicyclic) bond motifs is 1. The van der Waals surface area contributed by atoms with Gasteiger partial charge in [0.25, 0.3) is 0 Å². The van der Waals surface area contributed by atoms with Crippen LogP contribution in [-0.2, 0) is 20.8 Å². The summed E-state index contributed by atoms with van der Waals surface area (Å²) in [5, 5.41) is 2.73. The predicted octanol–water partition coefficient (Wildman–Crippen LogP) is 2.67. The molecule has 184 valence electrons. The second kappa shape index (κ2) is 9.32. The van der Waals surface area contributed by atoms with Crippen molar-refractivity contribution in [1.29, 1.82) is 0 Å². The molecular formula is C23H37N5O5. The first-order valence-electron chi connectivity index (χ1n) is 11.6. The molecule has 0 aromatic carbocycles. The topological polar surface area (TPSA) is 106 Å². The van der Waals surface area contributed by atoms with E-state index in [0.717, 1.165) is 5.69 Å². The first kappa shape index (κ1) is 25.0. The molecule has 1 aromatic heterocycles. The van der Waals surface area contributed by atoms with E-state index in [-0.39, 0.29) is 18.0 Å². The van der Waals surface area contributed by atoms with Gasteiger partial charge in [-0.05, 0) is 61.3 Å². The summed E-state index contributed by atoms with van der Waals surface area (Å²) in [5.74, 6) is 0.483. The molecular weight excluding hydrogens is 426 g/mol.